The fraction of sp³-hybridized carbons (Fsp3) is 0.231. The average Bonchev–Trinajstić information content (AvgIpc) is 2.34. The van der Waals surface area contributed by atoms with E-state index < -0.39 is 15.5 Å². The van der Waals surface area contributed by atoms with E-state index in [4.69, 9.17) is 4.55 Å². The fourth-order valence-corrected chi connectivity index (χ4v) is 2.61. The van der Waals surface area contributed by atoms with Crippen molar-refractivity contribution in [3.05, 3.63) is 42.5 Å². The molecule has 2 aromatic carbocycles. The SMILES string of the molecule is CCC(Nc1cccc2ccccc12)S(=O)(=O)O. The third-order valence-electron chi connectivity index (χ3n) is 2.84. The van der Waals surface area contributed by atoms with Gasteiger partial charge in [0.25, 0.3) is 10.1 Å². The number of benzene rings is 2. The monoisotopic (exact) mass is 265 g/mol. The lowest BCUT2D eigenvalue weighted by molar-refractivity contribution is 0.470. The molecule has 0 aromatic heterocycles. The van der Waals surface area contributed by atoms with Crippen molar-refractivity contribution in [1.82, 2.24) is 0 Å². The summed E-state index contributed by atoms with van der Waals surface area (Å²) >= 11 is 0. The van der Waals surface area contributed by atoms with Crippen LogP contribution in [0.25, 0.3) is 10.8 Å². The van der Waals surface area contributed by atoms with E-state index in [1.807, 2.05) is 36.4 Å². The molecule has 0 saturated heterocycles. The van der Waals surface area contributed by atoms with Crippen LogP contribution in [0.15, 0.2) is 42.5 Å². The Hall–Kier alpha value is -1.59. The summed E-state index contributed by atoms with van der Waals surface area (Å²) in [5.41, 5.74) is 0.706. The number of anilines is 1. The van der Waals surface area contributed by atoms with Gasteiger partial charge in [-0.25, -0.2) is 0 Å². The van der Waals surface area contributed by atoms with Gasteiger partial charge in [0.15, 0.2) is 5.37 Å². The smallest absolute Gasteiger partial charge is 0.286 e. The normalized spacial score (nSPS) is 13.4. The van der Waals surface area contributed by atoms with Crippen molar-refractivity contribution in [1.29, 1.82) is 0 Å². The van der Waals surface area contributed by atoms with E-state index in [1.165, 1.54) is 0 Å². The van der Waals surface area contributed by atoms with Gasteiger partial charge in [0, 0.05) is 11.1 Å². The van der Waals surface area contributed by atoms with Crippen LogP contribution in [-0.2, 0) is 10.1 Å². The van der Waals surface area contributed by atoms with Crippen LogP contribution in [-0.4, -0.2) is 18.3 Å². The maximum absolute atomic E-state index is 11.2. The van der Waals surface area contributed by atoms with Gasteiger partial charge >= 0.3 is 0 Å². The van der Waals surface area contributed by atoms with E-state index in [1.54, 1.807) is 13.0 Å². The number of hydrogen-bond acceptors (Lipinski definition) is 3. The fourth-order valence-electron chi connectivity index (χ4n) is 1.91. The van der Waals surface area contributed by atoms with Crippen LogP contribution in [0.2, 0.25) is 0 Å². The molecule has 4 nitrogen and oxygen atoms in total. The van der Waals surface area contributed by atoms with E-state index in [9.17, 15) is 8.42 Å². The second-order valence-electron chi connectivity index (χ2n) is 4.08. The molecule has 1 atom stereocenters. The summed E-state index contributed by atoms with van der Waals surface area (Å²) in [4.78, 5) is 0. The lowest BCUT2D eigenvalue weighted by Crippen LogP contribution is -2.28. The van der Waals surface area contributed by atoms with Gasteiger partial charge in [-0.1, -0.05) is 43.3 Å². The molecule has 0 saturated carbocycles. The molecule has 2 N–H and O–H groups in total. The van der Waals surface area contributed by atoms with Gasteiger partial charge in [0.05, 0.1) is 0 Å². The highest BCUT2D eigenvalue weighted by Gasteiger charge is 2.20. The predicted molar refractivity (Wildman–Crippen MR) is 73.2 cm³/mol. The molecule has 2 rings (SSSR count). The highest BCUT2D eigenvalue weighted by molar-refractivity contribution is 7.86. The molecule has 0 bridgehead atoms. The first-order chi connectivity index (χ1) is 8.52. The summed E-state index contributed by atoms with van der Waals surface area (Å²) in [6, 6.07) is 13.3. The second kappa shape index (κ2) is 4.96. The summed E-state index contributed by atoms with van der Waals surface area (Å²) in [5, 5.41) is 3.84. The zero-order chi connectivity index (χ0) is 13.2. The number of rotatable bonds is 4. The Balaban J connectivity index is 2.43. The van der Waals surface area contributed by atoms with Crippen molar-refractivity contribution in [2.75, 3.05) is 5.32 Å². The van der Waals surface area contributed by atoms with Gasteiger partial charge in [0.1, 0.15) is 0 Å². The molecular weight excluding hydrogens is 250 g/mol. The largest absolute Gasteiger partial charge is 0.367 e. The molecule has 18 heavy (non-hydrogen) atoms. The molecule has 0 aliphatic rings. The minimum atomic E-state index is -4.09. The highest BCUT2D eigenvalue weighted by Crippen LogP contribution is 2.24. The van der Waals surface area contributed by atoms with Crippen molar-refractivity contribution in [3.63, 3.8) is 0 Å². The third-order valence-corrected chi connectivity index (χ3v) is 4.01. The zero-order valence-corrected chi connectivity index (χ0v) is 10.8. The topological polar surface area (TPSA) is 66.4 Å². The van der Waals surface area contributed by atoms with Crippen molar-refractivity contribution < 1.29 is 13.0 Å². The molecular formula is C13H15NO3S. The molecule has 0 fully saturated rings. The van der Waals surface area contributed by atoms with Gasteiger partial charge in [-0.05, 0) is 17.9 Å². The first-order valence-electron chi connectivity index (χ1n) is 5.73. The molecule has 0 radical (unpaired) electrons. The van der Waals surface area contributed by atoms with Gasteiger partial charge < -0.3 is 5.32 Å². The lowest BCUT2D eigenvalue weighted by Gasteiger charge is -2.16. The Morgan fingerprint density at radius 1 is 1.17 bits per heavy atom. The summed E-state index contributed by atoms with van der Waals surface area (Å²) in [7, 11) is -4.09. The van der Waals surface area contributed by atoms with Crippen LogP contribution in [0, 0.1) is 0 Å². The number of fused-ring (bicyclic) bond motifs is 1. The zero-order valence-electron chi connectivity index (χ0n) is 10.00. The predicted octanol–water partition coefficient (Wildman–Crippen LogP) is 2.88. The van der Waals surface area contributed by atoms with Crippen LogP contribution in [0.1, 0.15) is 13.3 Å². The maximum atomic E-state index is 11.2. The molecule has 0 heterocycles. The molecule has 0 amide bonds. The van der Waals surface area contributed by atoms with Crippen molar-refractivity contribution >= 4 is 26.6 Å². The minimum absolute atomic E-state index is 0.294. The minimum Gasteiger partial charge on any atom is -0.367 e. The van der Waals surface area contributed by atoms with Crippen LogP contribution < -0.4 is 5.32 Å². The van der Waals surface area contributed by atoms with Gasteiger partial charge in [0.2, 0.25) is 0 Å². The molecule has 0 aliphatic heterocycles. The van der Waals surface area contributed by atoms with Crippen LogP contribution in [0.5, 0.6) is 0 Å². The summed E-state index contributed by atoms with van der Waals surface area (Å²) < 4.78 is 31.5. The molecule has 0 spiro atoms. The van der Waals surface area contributed by atoms with E-state index in [2.05, 4.69) is 5.32 Å². The molecule has 2 aromatic rings. The first kappa shape index (κ1) is 12.9. The number of hydrogen-bond donors (Lipinski definition) is 2. The van der Waals surface area contributed by atoms with Crippen LogP contribution >= 0.6 is 0 Å². The lowest BCUT2D eigenvalue weighted by atomic mass is 10.1. The van der Waals surface area contributed by atoms with Crippen LogP contribution in [0.4, 0.5) is 5.69 Å². The molecule has 96 valence electrons. The maximum Gasteiger partial charge on any atom is 0.286 e. The number of nitrogens with one attached hydrogen (secondary N) is 1. The highest BCUT2D eigenvalue weighted by atomic mass is 32.2. The Labute approximate surface area is 106 Å². The van der Waals surface area contributed by atoms with E-state index in [0.29, 0.717) is 12.1 Å². The van der Waals surface area contributed by atoms with Crippen LogP contribution in [0.3, 0.4) is 0 Å². The first-order valence-corrected chi connectivity index (χ1v) is 7.23. The molecule has 0 aliphatic carbocycles. The Morgan fingerprint density at radius 2 is 1.83 bits per heavy atom. The third kappa shape index (κ3) is 2.63. The standard InChI is InChI=1S/C13H15NO3S/c1-2-13(18(15,16)17)14-12-9-5-7-10-6-3-4-8-11(10)12/h3-9,13-14H,2H2,1H3,(H,15,16,17). The second-order valence-corrected chi connectivity index (χ2v) is 5.68. The van der Waals surface area contributed by atoms with Gasteiger partial charge in [-0.15, -0.1) is 0 Å². The summed E-state index contributed by atoms with van der Waals surface area (Å²) in [6.45, 7) is 1.70. The Morgan fingerprint density at radius 3 is 2.50 bits per heavy atom. The van der Waals surface area contributed by atoms with E-state index in [-0.39, 0.29) is 0 Å². The summed E-state index contributed by atoms with van der Waals surface area (Å²) in [6.07, 6.45) is 0.294. The van der Waals surface area contributed by atoms with Crippen molar-refractivity contribution in [3.8, 4) is 0 Å². The molecule has 5 heteroatoms. The quantitative estimate of drug-likeness (QED) is 0.834. The molecule has 1 unspecified atom stereocenters. The van der Waals surface area contributed by atoms with Crippen molar-refractivity contribution in [2.45, 2.75) is 18.7 Å². The van der Waals surface area contributed by atoms with Gasteiger partial charge in [-0.3, -0.25) is 4.55 Å². The average molecular weight is 265 g/mol. The Bertz CT molecular complexity index is 647. The van der Waals surface area contributed by atoms with Gasteiger partial charge in [-0.2, -0.15) is 8.42 Å². The van der Waals surface area contributed by atoms with Crippen molar-refractivity contribution in [2.24, 2.45) is 0 Å². The van der Waals surface area contributed by atoms with E-state index in [0.717, 1.165) is 10.8 Å². The Kier molecular flexibility index (Phi) is 3.54. The summed E-state index contributed by atoms with van der Waals surface area (Å²) in [5.74, 6) is 0. The van der Waals surface area contributed by atoms with E-state index >= 15 is 0 Å².